The van der Waals surface area contributed by atoms with Crippen LogP contribution in [0.5, 0.6) is 0 Å². The van der Waals surface area contributed by atoms with Crippen molar-refractivity contribution < 1.29 is 14.3 Å². The summed E-state index contributed by atoms with van der Waals surface area (Å²) in [5.41, 5.74) is 2.88. The molecule has 0 radical (unpaired) electrons. The maximum absolute atomic E-state index is 10.8. The van der Waals surface area contributed by atoms with Crippen molar-refractivity contribution in [1.29, 1.82) is 0 Å². The maximum atomic E-state index is 10.8. The van der Waals surface area contributed by atoms with E-state index < -0.39 is 5.97 Å². The Hall–Kier alpha value is -1.95. The van der Waals surface area contributed by atoms with Crippen molar-refractivity contribution in [3.8, 4) is 0 Å². The van der Waals surface area contributed by atoms with Gasteiger partial charge in [0.05, 0.1) is 5.69 Å². The molecule has 1 heterocycles. The number of hydrogen-bond donors (Lipinski definition) is 1. The molecule has 0 aliphatic rings. The molecule has 1 N–H and O–H groups in total. The molecule has 0 unspecified atom stereocenters. The number of benzene rings is 2. The van der Waals surface area contributed by atoms with Gasteiger partial charge < -0.3 is 9.52 Å². The summed E-state index contributed by atoms with van der Waals surface area (Å²) in [5.74, 6) is -0.289. The number of halogens is 2. The third kappa shape index (κ3) is 5.27. The van der Waals surface area contributed by atoms with Crippen LogP contribution in [-0.2, 0) is 17.6 Å². The van der Waals surface area contributed by atoms with E-state index in [1.54, 1.807) is 0 Å². The van der Waals surface area contributed by atoms with Gasteiger partial charge in [0.1, 0.15) is 11.5 Å². The SMILES string of the molecule is O=C(O)CSc1nc(Cc2ccc(Cl)cc2)c(Cc2ccc(Cl)cc2)o1. The largest absolute Gasteiger partial charge is 0.481 e. The lowest BCUT2D eigenvalue weighted by Gasteiger charge is -2.03. The van der Waals surface area contributed by atoms with Crippen LogP contribution in [0.2, 0.25) is 10.0 Å². The van der Waals surface area contributed by atoms with Gasteiger partial charge in [-0.05, 0) is 35.4 Å². The Morgan fingerprint density at radius 3 is 2.04 bits per heavy atom. The number of thioether (sulfide) groups is 1. The Labute approximate surface area is 165 Å². The van der Waals surface area contributed by atoms with Gasteiger partial charge in [-0.3, -0.25) is 4.79 Å². The maximum Gasteiger partial charge on any atom is 0.314 e. The van der Waals surface area contributed by atoms with E-state index >= 15 is 0 Å². The highest BCUT2D eigenvalue weighted by molar-refractivity contribution is 7.99. The molecule has 2 aromatic carbocycles. The summed E-state index contributed by atoms with van der Waals surface area (Å²) < 4.78 is 5.82. The monoisotopic (exact) mass is 407 g/mol. The van der Waals surface area contributed by atoms with Crippen LogP contribution in [-0.4, -0.2) is 21.8 Å². The topological polar surface area (TPSA) is 63.3 Å². The van der Waals surface area contributed by atoms with Crippen molar-refractivity contribution in [3.05, 3.63) is 81.2 Å². The Balaban J connectivity index is 1.85. The Kier molecular flexibility index (Phi) is 6.25. The number of aromatic nitrogens is 1. The standard InChI is InChI=1S/C19H15Cl2NO3S/c20-14-5-1-12(2-6-14)9-16-17(10-13-3-7-15(21)8-4-13)25-19(22-16)26-11-18(23)24/h1-8H,9-11H2,(H,23,24). The van der Waals surface area contributed by atoms with E-state index in [-0.39, 0.29) is 5.75 Å². The molecule has 0 saturated carbocycles. The van der Waals surface area contributed by atoms with Gasteiger partial charge >= 0.3 is 5.97 Å². The van der Waals surface area contributed by atoms with Gasteiger partial charge in [-0.15, -0.1) is 0 Å². The van der Waals surface area contributed by atoms with Crippen LogP contribution in [0.3, 0.4) is 0 Å². The summed E-state index contributed by atoms with van der Waals surface area (Å²) in [6.45, 7) is 0. The zero-order valence-electron chi connectivity index (χ0n) is 13.6. The smallest absolute Gasteiger partial charge is 0.314 e. The van der Waals surface area contributed by atoms with Crippen molar-refractivity contribution in [2.75, 3.05) is 5.75 Å². The average molecular weight is 408 g/mol. The average Bonchev–Trinajstić information content (AvgIpc) is 2.99. The highest BCUT2D eigenvalue weighted by Crippen LogP contribution is 2.26. The second-order valence-corrected chi connectivity index (χ2v) is 7.44. The van der Waals surface area contributed by atoms with Gasteiger partial charge in [-0.2, -0.15) is 0 Å². The summed E-state index contributed by atoms with van der Waals surface area (Å²) >= 11 is 12.9. The summed E-state index contributed by atoms with van der Waals surface area (Å²) in [7, 11) is 0. The molecule has 0 fully saturated rings. The Morgan fingerprint density at radius 1 is 0.962 bits per heavy atom. The quantitative estimate of drug-likeness (QED) is 0.535. The van der Waals surface area contributed by atoms with Crippen LogP contribution in [0.4, 0.5) is 0 Å². The molecule has 0 bridgehead atoms. The van der Waals surface area contributed by atoms with Gasteiger partial charge in [0.2, 0.25) is 0 Å². The molecule has 0 aliphatic heterocycles. The number of oxazole rings is 1. The van der Waals surface area contributed by atoms with Crippen molar-refractivity contribution in [2.45, 2.75) is 18.1 Å². The first-order valence-corrected chi connectivity index (χ1v) is 9.56. The lowest BCUT2D eigenvalue weighted by Crippen LogP contribution is -1.97. The van der Waals surface area contributed by atoms with E-state index in [9.17, 15) is 4.79 Å². The third-order valence-electron chi connectivity index (χ3n) is 3.64. The molecule has 26 heavy (non-hydrogen) atoms. The van der Waals surface area contributed by atoms with Gasteiger partial charge in [0.15, 0.2) is 0 Å². The van der Waals surface area contributed by atoms with E-state index in [1.165, 1.54) is 0 Å². The molecular formula is C19H15Cl2NO3S. The van der Waals surface area contributed by atoms with Crippen LogP contribution in [0.1, 0.15) is 22.6 Å². The van der Waals surface area contributed by atoms with E-state index in [0.29, 0.717) is 28.1 Å². The van der Waals surface area contributed by atoms with Gasteiger partial charge in [0.25, 0.3) is 5.22 Å². The van der Waals surface area contributed by atoms with Gasteiger partial charge in [-0.25, -0.2) is 4.98 Å². The molecule has 0 saturated heterocycles. The molecule has 3 aromatic rings. The summed E-state index contributed by atoms with van der Waals surface area (Å²) in [5, 5.41) is 10.6. The fourth-order valence-electron chi connectivity index (χ4n) is 2.40. The first kappa shape index (κ1) is 18.8. The zero-order valence-corrected chi connectivity index (χ0v) is 15.9. The van der Waals surface area contributed by atoms with Crippen molar-refractivity contribution in [2.24, 2.45) is 0 Å². The number of carboxylic acid groups (broad SMARTS) is 1. The van der Waals surface area contributed by atoms with E-state index in [0.717, 1.165) is 34.3 Å². The number of rotatable bonds is 7. The lowest BCUT2D eigenvalue weighted by atomic mass is 10.0. The molecule has 3 rings (SSSR count). The predicted molar refractivity (Wildman–Crippen MR) is 103 cm³/mol. The molecule has 1 aromatic heterocycles. The second kappa shape index (κ2) is 8.62. The fraction of sp³-hybridized carbons (Fsp3) is 0.158. The number of carbonyl (C=O) groups is 1. The molecule has 4 nitrogen and oxygen atoms in total. The van der Waals surface area contributed by atoms with Gasteiger partial charge in [0, 0.05) is 22.9 Å². The van der Waals surface area contributed by atoms with E-state index in [4.69, 9.17) is 32.7 Å². The zero-order chi connectivity index (χ0) is 18.5. The fourth-order valence-corrected chi connectivity index (χ4v) is 3.24. The summed E-state index contributed by atoms with van der Waals surface area (Å²) in [4.78, 5) is 15.3. The number of aliphatic carboxylic acids is 1. The predicted octanol–water partition coefficient (Wildman–Crippen LogP) is 5.34. The lowest BCUT2D eigenvalue weighted by molar-refractivity contribution is -0.133. The molecule has 0 spiro atoms. The summed E-state index contributed by atoms with van der Waals surface area (Å²) in [6, 6.07) is 15.0. The number of carboxylic acids is 1. The molecular weight excluding hydrogens is 393 g/mol. The van der Waals surface area contributed by atoms with Crippen LogP contribution >= 0.6 is 35.0 Å². The van der Waals surface area contributed by atoms with Crippen molar-refractivity contribution in [1.82, 2.24) is 4.98 Å². The highest BCUT2D eigenvalue weighted by atomic mass is 35.5. The Morgan fingerprint density at radius 2 is 1.50 bits per heavy atom. The van der Waals surface area contributed by atoms with Crippen molar-refractivity contribution in [3.63, 3.8) is 0 Å². The molecule has 0 amide bonds. The van der Waals surface area contributed by atoms with Crippen LogP contribution in [0.25, 0.3) is 0 Å². The Bertz CT molecular complexity index is 827. The first-order valence-electron chi connectivity index (χ1n) is 7.81. The van der Waals surface area contributed by atoms with E-state index in [1.807, 2.05) is 48.5 Å². The first-order chi connectivity index (χ1) is 12.5. The van der Waals surface area contributed by atoms with Crippen LogP contribution in [0, 0.1) is 0 Å². The molecule has 0 atom stereocenters. The van der Waals surface area contributed by atoms with Crippen molar-refractivity contribution >= 4 is 40.9 Å². The normalized spacial score (nSPS) is 10.8. The number of nitrogens with zero attached hydrogens (tertiary/aromatic N) is 1. The highest BCUT2D eigenvalue weighted by Gasteiger charge is 2.16. The second-order valence-electron chi connectivity index (χ2n) is 5.64. The molecule has 0 aliphatic carbocycles. The minimum absolute atomic E-state index is 0.0959. The number of hydrogen-bond acceptors (Lipinski definition) is 4. The van der Waals surface area contributed by atoms with Gasteiger partial charge in [-0.1, -0.05) is 59.2 Å². The van der Waals surface area contributed by atoms with E-state index in [2.05, 4.69) is 4.98 Å². The third-order valence-corrected chi connectivity index (χ3v) is 4.96. The summed E-state index contributed by atoms with van der Waals surface area (Å²) in [6.07, 6.45) is 1.14. The van der Waals surface area contributed by atoms with Crippen LogP contribution in [0.15, 0.2) is 58.2 Å². The van der Waals surface area contributed by atoms with Crippen LogP contribution < -0.4 is 0 Å². The minimum atomic E-state index is -0.910. The molecule has 7 heteroatoms. The molecule has 134 valence electrons. The minimum Gasteiger partial charge on any atom is -0.481 e.